The maximum Gasteiger partial charge on any atom is 0.311 e. The summed E-state index contributed by atoms with van der Waals surface area (Å²) in [5.41, 5.74) is 2.16. The minimum Gasteiger partial charge on any atom is -0.459 e. The summed E-state index contributed by atoms with van der Waals surface area (Å²) < 4.78 is 37.4. The Morgan fingerprint density at radius 1 is 0.939 bits per heavy atom. The Morgan fingerprint density at radius 2 is 1.57 bits per heavy atom. The lowest BCUT2D eigenvalue weighted by atomic mass is 9.77. The summed E-state index contributed by atoms with van der Waals surface area (Å²) in [5, 5.41) is 46.3. The fourth-order valence-electron chi connectivity index (χ4n) is 8.33. The van der Waals surface area contributed by atoms with Crippen molar-refractivity contribution in [3.05, 3.63) is 0 Å². The Hall–Kier alpha value is -0.970. The number of carbonyl (C=O) groups excluding carboxylic acids is 1. The van der Waals surface area contributed by atoms with E-state index >= 15 is 0 Å². The number of carbonyl (C=O) groups is 1. The molecule has 0 aromatic carbocycles. The molecule has 3 aliphatic heterocycles. The minimum absolute atomic E-state index is 0.0837. The van der Waals surface area contributed by atoms with E-state index in [0.29, 0.717) is 25.8 Å². The maximum atomic E-state index is 14.1. The number of methoxy groups -OCH3 is 1. The van der Waals surface area contributed by atoms with E-state index in [1.807, 2.05) is 39.6 Å². The van der Waals surface area contributed by atoms with E-state index in [4.69, 9.17) is 34.2 Å². The summed E-state index contributed by atoms with van der Waals surface area (Å²) in [6.07, 6.45) is -5.59. The number of nitrogens with two attached hydrogens (primary N) is 1. The van der Waals surface area contributed by atoms with E-state index in [2.05, 4.69) is 0 Å². The van der Waals surface area contributed by atoms with Gasteiger partial charge in [0.25, 0.3) is 0 Å². The van der Waals surface area contributed by atoms with Crippen molar-refractivity contribution in [1.82, 2.24) is 4.90 Å². The van der Waals surface area contributed by atoms with E-state index in [-0.39, 0.29) is 30.9 Å². The molecular weight excluding hydrogens is 636 g/mol. The molecule has 0 spiro atoms. The number of hydrogen-bond donors (Lipinski definition) is 5. The monoisotopic (exact) mass is 704 g/mol. The number of rotatable bonds is 6. The van der Waals surface area contributed by atoms with E-state index < -0.39 is 89.9 Å². The molecule has 3 saturated heterocycles. The molecule has 49 heavy (non-hydrogen) atoms. The number of aliphatic hydroxyl groups is 4. The number of nitrogens with zero attached hydrogens (tertiary/aromatic N) is 1. The van der Waals surface area contributed by atoms with Crippen molar-refractivity contribution in [3.63, 3.8) is 0 Å². The zero-order chi connectivity index (χ0) is 37.2. The zero-order valence-electron chi connectivity index (χ0n) is 32.0. The van der Waals surface area contributed by atoms with Crippen LogP contribution in [-0.2, 0) is 33.2 Å². The van der Waals surface area contributed by atoms with Crippen LogP contribution in [0.3, 0.4) is 0 Å². The second kappa shape index (κ2) is 16.8. The van der Waals surface area contributed by atoms with Gasteiger partial charge in [-0.15, -0.1) is 0 Å². The summed E-state index contributed by atoms with van der Waals surface area (Å²) in [7, 11) is 3.38. The first-order valence-electron chi connectivity index (χ1n) is 18.2. The van der Waals surface area contributed by atoms with Crippen LogP contribution in [0.15, 0.2) is 0 Å². The average Bonchev–Trinajstić information content (AvgIpc) is 3.00. The molecule has 3 heterocycles. The van der Waals surface area contributed by atoms with Crippen molar-refractivity contribution in [1.29, 1.82) is 0 Å². The summed E-state index contributed by atoms with van der Waals surface area (Å²) in [6.45, 7) is 18.3. The topological polar surface area (TPSA) is 183 Å². The second-order valence-electron chi connectivity index (χ2n) is 16.2. The quantitative estimate of drug-likeness (QED) is 0.254. The minimum atomic E-state index is -1.77. The molecule has 0 radical (unpaired) electrons. The molecule has 3 aliphatic rings. The molecule has 1 unspecified atom stereocenters. The highest BCUT2D eigenvalue weighted by Crippen LogP contribution is 2.39. The molecule has 0 aromatic rings. The first kappa shape index (κ1) is 42.4. The summed E-state index contributed by atoms with van der Waals surface area (Å²) in [6, 6.07) is -0.652. The van der Waals surface area contributed by atoms with Crippen LogP contribution in [0.1, 0.15) is 101 Å². The first-order chi connectivity index (χ1) is 22.6. The molecule has 3 rings (SSSR count). The largest absolute Gasteiger partial charge is 0.459 e. The molecule has 0 bridgehead atoms. The van der Waals surface area contributed by atoms with Gasteiger partial charge in [-0.3, -0.25) is 4.79 Å². The molecule has 13 heteroatoms. The van der Waals surface area contributed by atoms with Gasteiger partial charge in [0.2, 0.25) is 0 Å². The Morgan fingerprint density at radius 3 is 2.14 bits per heavy atom. The van der Waals surface area contributed by atoms with Crippen molar-refractivity contribution >= 4 is 5.97 Å². The van der Waals surface area contributed by atoms with Crippen LogP contribution in [0.2, 0.25) is 0 Å². The van der Waals surface area contributed by atoms with Crippen LogP contribution >= 0.6 is 0 Å². The number of ether oxygens (including phenoxy) is 6. The molecule has 0 aliphatic carbocycles. The standard InChI is InChI=1S/C36H68N2O11/c1-13-26-36(10,43)30(39)23(6)38(11)18-19(2)16-34(8,42)32(49-27-15-25(37)14-20(3)45-27)21(4)29(22(5)33(41)47-26)48-28-17-35(9,44-12)31(40)24(7)46-28/h19-32,39-40,42-43H,13-18,37H2,1-12H3/t19-,20-,21+,22-,23?,24+,25+,26-,27+,28+,29+,30-,31+,32-,34-,35-,36-/m1/s1. The Kier molecular flexibility index (Phi) is 14.5. The van der Waals surface area contributed by atoms with E-state index in [1.165, 1.54) is 14.0 Å². The van der Waals surface area contributed by atoms with Crippen molar-refractivity contribution < 1.29 is 53.6 Å². The van der Waals surface area contributed by atoms with Gasteiger partial charge in [-0.05, 0) is 80.7 Å². The van der Waals surface area contributed by atoms with E-state index in [1.54, 1.807) is 34.6 Å². The average molecular weight is 705 g/mol. The SMILES string of the molecule is CC[C@H]1OC(=O)[C@H](C)[C@@H](O[C@H]2C[C@@](C)(OC)[C@@H](O)[C@H](C)O2)[C@H](C)[C@@H](O[C@H]2C[C@@H](N)C[C@@H](C)O2)[C@](C)(O)C[C@@H](C)CN(C)C(C)[C@@H](O)[C@]1(C)O. The predicted octanol–water partition coefficient (Wildman–Crippen LogP) is 2.33. The van der Waals surface area contributed by atoms with Gasteiger partial charge in [0.05, 0.1) is 41.5 Å². The summed E-state index contributed by atoms with van der Waals surface area (Å²) >= 11 is 0. The van der Waals surface area contributed by atoms with E-state index in [0.717, 1.165) is 0 Å². The third-order valence-corrected chi connectivity index (χ3v) is 11.5. The van der Waals surface area contributed by atoms with Crippen LogP contribution in [0.5, 0.6) is 0 Å². The number of aliphatic hydroxyl groups excluding tert-OH is 2. The molecule has 17 atom stereocenters. The smallest absolute Gasteiger partial charge is 0.311 e. The highest BCUT2D eigenvalue weighted by molar-refractivity contribution is 5.73. The zero-order valence-corrected chi connectivity index (χ0v) is 32.0. The number of esters is 1. The van der Waals surface area contributed by atoms with Gasteiger partial charge < -0.3 is 59.5 Å². The summed E-state index contributed by atoms with van der Waals surface area (Å²) in [5.74, 6) is -2.33. The Bertz CT molecular complexity index is 1050. The van der Waals surface area contributed by atoms with Gasteiger partial charge >= 0.3 is 5.97 Å². The maximum absolute atomic E-state index is 14.1. The van der Waals surface area contributed by atoms with Crippen LogP contribution in [-0.4, -0.2) is 136 Å². The van der Waals surface area contributed by atoms with Gasteiger partial charge in [-0.2, -0.15) is 0 Å². The van der Waals surface area contributed by atoms with Gasteiger partial charge in [0.1, 0.15) is 23.9 Å². The molecule has 0 aromatic heterocycles. The fraction of sp³-hybridized carbons (Fsp3) is 0.972. The lowest BCUT2D eigenvalue weighted by Gasteiger charge is -2.48. The van der Waals surface area contributed by atoms with Crippen LogP contribution in [0.25, 0.3) is 0 Å². The van der Waals surface area contributed by atoms with Crippen LogP contribution in [0.4, 0.5) is 0 Å². The number of cyclic esters (lactones) is 1. The van der Waals surface area contributed by atoms with Gasteiger partial charge in [0.15, 0.2) is 12.6 Å². The lowest BCUT2D eigenvalue weighted by Crippen LogP contribution is -2.59. The Balaban J connectivity index is 2.13. The normalized spacial score (nSPS) is 50.3. The predicted molar refractivity (Wildman–Crippen MR) is 183 cm³/mol. The summed E-state index contributed by atoms with van der Waals surface area (Å²) in [4.78, 5) is 16.0. The number of hydrogen-bond acceptors (Lipinski definition) is 13. The van der Waals surface area contributed by atoms with Crippen molar-refractivity contribution in [2.24, 2.45) is 23.5 Å². The molecule has 3 fully saturated rings. The van der Waals surface area contributed by atoms with Crippen molar-refractivity contribution in [2.45, 2.75) is 186 Å². The third-order valence-electron chi connectivity index (χ3n) is 11.5. The number of likely N-dealkylation sites (N-methyl/N-ethyl adjacent to an activating group) is 1. The van der Waals surface area contributed by atoms with Crippen molar-refractivity contribution in [2.75, 3.05) is 20.7 Å². The van der Waals surface area contributed by atoms with Crippen LogP contribution in [0, 0.1) is 17.8 Å². The molecular formula is C36H68N2O11. The van der Waals surface area contributed by atoms with Crippen molar-refractivity contribution in [3.8, 4) is 0 Å². The van der Waals surface area contributed by atoms with E-state index in [9.17, 15) is 25.2 Å². The molecule has 0 amide bonds. The van der Waals surface area contributed by atoms with Gasteiger partial charge in [-0.25, -0.2) is 0 Å². The first-order valence-corrected chi connectivity index (χ1v) is 18.2. The molecule has 6 N–H and O–H groups in total. The fourth-order valence-corrected chi connectivity index (χ4v) is 8.33. The molecule has 0 saturated carbocycles. The Labute approximate surface area is 294 Å². The second-order valence-corrected chi connectivity index (χ2v) is 16.2. The highest BCUT2D eigenvalue weighted by Gasteiger charge is 2.51. The van der Waals surface area contributed by atoms with Gasteiger partial charge in [0, 0.05) is 44.5 Å². The molecule has 288 valence electrons. The highest BCUT2D eigenvalue weighted by atomic mass is 16.7. The molecule has 13 nitrogen and oxygen atoms in total. The lowest BCUT2D eigenvalue weighted by molar-refractivity contribution is -0.307. The van der Waals surface area contributed by atoms with Crippen LogP contribution < -0.4 is 5.73 Å². The van der Waals surface area contributed by atoms with Gasteiger partial charge in [-0.1, -0.05) is 20.8 Å². The third kappa shape index (κ3) is 9.92.